The molecule has 0 fully saturated rings. The molecule has 2 aromatic heterocycles. The summed E-state index contributed by atoms with van der Waals surface area (Å²) in [4.78, 5) is 20.1. The Morgan fingerprint density at radius 2 is 2.18 bits per heavy atom. The number of carboxylic acids is 1. The van der Waals surface area contributed by atoms with Crippen LogP contribution in [-0.2, 0) is 0 Å². The summed E-state index contributed by atoms with van der Waals surface area (Å²) >= 11 is 1.34. The molecule has 0 unspecified atom stereocenters. The number of aromatic carboxylic acids is 1. The summed E-state index contributed by atoms with van der Waals surface area (Å²) in [6.45, 7) is 1.93. The second-order valence-corrected chi connectivity index (χ2v) is 4.44. The van der Waals surface area contributed by atoms with Crippen molar-refractivity contribution in [2.45, 2.75) is 16.8 Å². The minimum atomic E-state index is -0.965. The Bertz CT molecular complexity index is 558. The number of rotatable bonds is 3. The van der Waals surface area contributed by atoms with E-state index < -0.39 is 5.97 Å². The van der Waals surface area contributed by atoms with Crippen LogP contribution in [0.15, 0.2) is 46.7 Å². The number of carbonyl (C=O) groups is 1. The molecule has 0 saturated heterocycles. The van der Waals surface area contributed by atoms with E-state index in [9.17, 15) is 4.79 Å². The Hall–Kier alpha value is -1.88. The third kappa shape index (κ3) is 2.62. The minimum absolute atomic E-state index is 0.216. The number of hydrogen-bond acceptors (Lipinski definition) is 4. The molecular formula is C12H10N2O2S. The molecule has 86 valence electrons. The highest BCUT2D eigenvalue weighted by atomic mass is 32.2. The predicted molar refractivity (Wildman–Crippen MR) is 64.3 cm³/mol. The third-order valence-corrected chi connectivity index (χ3v) is 3.37. The smallest absolute Gasteiger partial charge is 0.338 e. The van der Waals surface area contributed by atoms with Crippen molar-refractivity contribution < 1.29 is 9.90 Å². The lowest BCUT2D eigenvalue weighted by molar-refractivity contribution is 0.0692. The second-order valence-electron chi connectivity index (χ2n) is 3.40. The molecule has 2 rings (SSSR count). The number of hydrogen-bond donors (Lipinski definition) is 1. The molecule has 2 heterocycles. The molecule has 17 heavy (non-hydrogen) atoms. The van der Waals surface area contributed by atoms with E-state index in [1.807, 2.05) is 13.0 Å². The van der Waals surface area contributed by atoms with Crippen molar-refractivity contribution in [1.82, 2.24) is 9.97 Å². The Balaban J connectivity index is 2.37. The van der Waals surface area contributed by atoms with Gasteiger partial charge in [0.15, 0.2) is 0 Å². The van der Waals surface area contributed by atoms with Gasteiger partial charge in [-0.15, -0.1) is 0 Å². The average molecular weight is 246 g/mol. The number of carboxylic acid groups (broad SMARTS) is 1. The van der Waals surface area contributed by atoms with E-state index in [0.717, 1.165) is 10.5 Å². The van der Waals surface area contributed by atoms with Gasteiger partial charge in [-0.25, -0.2) is 9.78 Å². The SMILES string of the molecule is Cc1cnccc1Sc1ncccc1C(=O)O. The molecule has 1 N–H and O–H groups in total. The van der Waals surface area contributed by atoms with Crippen molar-refractivity contribution in [1.29, 1.82) is 0 Å². The van der Waals surface area contributed by atoms with Gasteiger partial charge in [0.1, 0.15) is 5.03 Å². The van der Waals surface area contributed by atoms with Crippen molar-refractivity contribution in [2.75, 3.05) is 0 Å². The summed E-state index contributed by atoms with van der Waals surface area (Å²) in [5, 5.41) is 9.54. The van der Waals surface area contributed by atoms with Crippen molar-refractivity contribution in [3.63, 3.8) is 0 Å². The monoisotopic (exact) mass is 246 g/mol. The average Bonchev–Trinajstić information content (AvgIpc) is 2.32. The summed E-state index contributed by atoms with van der Waals surface area (Å²) in [6, 6.07) is 5.02. The highest BCUT2D eigenvalue weighted by molar-refractivity contribution is 7.99. The van der Waals surface area contributed by atoms with Crippen LogP contribution in [0.25, 0.3) is 0 Å². The van der Waals surface area contributed by atoms with Crippen LogP contribution in [0.3, 0.4) is 0 Å². The first kappa shape index (κ1) is 11.6. The zero-order valence-electron chi connectivity index (χ0n) is 9.12. The largest absolute Gasteiger partial charge is 0.478 e. The molecule has 0 amide bonds. The zero-order chi connectivity index (χ0) is 12.3. The Labute approximate surface area is 103 Å². The first-order valence-corrected chi connectivity index (χ1v) is 5.77. The maximum atomic E-state index is 11.0. The number of aromatic nitrogens is 2. The van der Waals surface area contributed by atoms with Crippen molar-refractivity contribution in [2.24, 2.45) is 0 Å². The van der Waals surface area contributed by atoms with E-state index in [2.05, 4.69) is 9.97 Å². The maximum absolute atomic E-state index is 11.0. The number of pyridine rings is 2. The van der Waals surface area contributed by atoms with Crippen LogP contribution in [0.2, 0.25) is 0 Å². The summed E-state index contributed by atoms with van der Waals surface area (Å²) in [7, 11) is 0. The topological polar surface area (TPSA) is 63.1 Å². The lowest BCUT2D eigenvalue weighted by Gasteiger charge is -2.06. The summed E-state index contributed by atoms with van der Waals surface area (Å²) in [5.41, 5.74) is 1.22. The van der Waals surface area contributed by atoms with E-state index in [1.54, 1.807) is 30.7 Å². The Kier molecular flexibility index (Phi) is 3.39. The van der Waals surface area contributed by atoms with Crippen LogP contribution >= 0.6 is 11.8 Å². The first-order valence-electron chi connectivity index (χ1n) is 4.95. The van der Waals surface area contributed by atoms with Gasteiger partial charge in [-0.05, 0) is 30.7 Å². The molecule has 0 saturated carbocycles. The summed E-state index contributed by atoms with van der Waals surface area (Å²) < 4.78 is 0. The van der Waals surface area contributed by atoms with E-state index in [4.69, 9.17) is 5.11 Å². The fourth-order valence-electron chi connectivity index (χ4n) is 1.31. The van der Waals surface area contributed by atoms with Gasteiger partial charge in [-0.1, -0.05) is 11.8 Å². The first-order chi connectivity index (χ1) is 8.18. The molecule has 0 spiro atoms. The van der Waals surface area contributed by atoms with Crippen LogP contribution in [0.4, 0.5) is 0 Å². The van der Waals surface area contributed by atoms with Gasteiger partial charge in [-0.3, -0.25) is 4.98 Å². The predicted octanol–water partition coefficient (Wildman–Crippen LogP) is 2.63. The fourth-order valence-corrected chi connectivity index (χ4v) is 2.24. The van der Waals surface area contributed by atoms with Crippen LogP contribution in [0.1, 0.15) is 15.9 Å². The van der Waals surface area contributed by atoms with E-state index in [1.165, 1.54) is 11.8 Å². The minimum Gasteiger partial charge on any atom is -0.478 e. The van der Waals surface area contributed by atoms with Gasteiger partial charge in [0.2, 0.25) is 0 Å². The molecule has 0 aliphatic carbocycles. The molecule has 0 bridgehead atoms. The standard InChI is InChI=1S/C12H10N2O2S/c1-8-7-13-6-4-10(8)17-11-9(12(15)16)3-2-5-14-11/h2-7H,1H3,(H,15,16). The third-order valence-electron chi connectivity index (χ3n) is 2.18. The van der Waals surface area contributed by atoms with Crippen LogP contribution in [0.5, 0.6) is 0 Å². The number of nitrogens with zero attached hydrogens (tertiary/aromatic N) is 2. The molecular weight excluding hydrogens is 236 g/mol. The molecule has 4 nitrogen and oxygen atoms in total. The van der Waals surface area contributed by atoms with Gasteiger partial charge in [-0.2, -0.15) is 0 Å². The van der Waals surface area contributed by atoms with E-state index in [0.29, 0.717) is 5.03 Å². The van der Waals surface area contributed by atoms with Gasteiger partial charge < -0.3 is 5.11 Å². The van der Waals surface area contributed by atoms with Gasteiger partial charge in [0.25, 0.3) is 0 Å². The maximum Gasteiger partial charge on any atom is 0.338 e. The summed E-state index contributed by atoms with van der Waals surface area (Å²) in [5.74, 6) is -0.965. The highest BCUT2D eigenvalue weighted by Gasteiger charge is 2.12. The molecule has 0 aliphatic rings. The lowest BCUT2D eigenvalue weighted by atomic mass is 10.3. The lowest BCUT2D eigenvalue weighted by Crippen LogP contribution is -2.00. The molecule has 5 heteroatoms. The molecule has 2 aromatic rings. The number of aryl methyl sites for hydroxylation is 1. The normalized spacial score (nSPS) is 10.2. The zero-order valence-corrected chi connectivity index (χ0v) is 9.94. The van der Waals surface area contributed by atoms with Crippen molar-refractivity contribution >= 4 is 17.7 Å². The Morgan fingerprint density at radius 1 is 1.35 bits per heavy atom. The van der Waals surface area contributed by atoms with Crippen LogP contribution in [0, 0.1) is 6.92 Å². The van der Waals surface area contributed by atoms with Crippen molar-refractivity contribution in [3.8, 4) is 0 Å². The van der Waals surface area contributed by atoms with Gasteiger partial charge in [0, 0.05) is 23.5 Å². The Morgan fingerprint density at radius 3 is 2.88 bits per heavy atom. The fraction of sp³-hybridized carbons (Fsp3) is 0.0833. The van der Waals surface area contributed by atoms with E-state index >= 15 is 0 Å². The van der Waals surface area contributed by atoms with Crippen LogP contribution < -0.4 is 0 Å². The quantitative estimate of drug-likeness (QED) is 0.902. The molecule has 0 atom stereocenters. The molecule has 0 radical (unpaired) electrons. The molecule has 0 aliphatic heterocycles. The second kappa shape index (κ2) is 4.97. The summed E-state index contributed by atoms with van der Waals surface area (Å²) in [6.07, 6.45) is 5.01. The molecule has 0 aromatic carbocycles. The van der Waals surface area contributed by atoms with Crippen molar-refractivity contribution in [3.05, 3.63) is 47.9 Å². The van der Waals surface area contributed by atoms with Crippen LogP contribution in [-0.4, -0.2) is 21.0 Å². The highest BCUT2D eigenvalue weighted by Crippen LogP contribution is 2.30. The van der Waals surface area contributed by atoms with Gasteiger partial charge in [0.05, 0.1) is 5.56 Å². The van der Waals surface area contributed by atoms with E-state index in [-0.39, 0.29) is 5.56 Å². The van der Waals surface area contributed by atoms with Gasteiger partial charge >= 0.3 is 5.97 Å².